The van der Waals surface area contributed by atoms with E-state index in [4.69, 9.17) is 16.2 Å². The standard InChI is InChI=1S/C15H34N2OSi/c1-19(2,3)10-9-18-12-14(15(17)11-16)13-7-5-4-6-8-13/h13-15H,4-12,16-17H2,1-3H3. The average Bonchev–Trinajstić information content (AvgIpc) is 2.38. The van der Waals surface area contributed by atoms with Gasteiger partial charge >= 0.3 is 0 Å². The Kier molecular flexibility index (Phi) is 7.58. The van der Waals surface area contributed by atoms with Crippen LogP contribution in [0.25, 0.3) is 0 Å². The molecule has 0 spiro atoms. The van der Waals surface area contributed by atoms with Gasteiger partial charge in [-0.3, -0.25) is 0 Å². The zero-order chi connectivity index (χ0) is 14.3. The molecule has 1 aliphatic rings. The Morgan fingerprint density at radius 1 is 1.16 bits per heavy atom. The molecule has 0 bridgehead atoms. The molecule has 0 radical (unpaired) electrons. The van der Waals surface area contributed by atoms with E-state index < -0.39 is 8.07 Å². The van der Waals surface area contributed by atoms with Crippen molar-refractivity contribution in [1.82, 2.24) is 0 Å². The van der Waals surface area contributed by atoms with Crippen molar-refractivity contribution < 1.29 is 4.74 Å². The lowest BCUT2D eigenvalue weighted by molar-refractivity contribution is 0.0627. The second-order valence-electron chi connectivity index (χ2n) is 7.35. The molecule has 1 saturated carbocycles. The van der Waals surface area contributed by atoms with Crippen molar-refractivity contribution in [2.75, 3.05) is 19.8 Å². The van der Waals surface area contributed by atoms with Crippen LogP contribution in [0.5, 0.6) is 0 Å². The first-order valence-corrected chi connectivity index (χ1v) is 11.7. The van der Waals surface area contributed by atoms with Crippen LogP contribution in [-0.4, -0.2) is 33.9 Å². The van der Waals surface area contributed by atoms with Crippen LogP contribution in [0, 0.1) is 11.8 Å². The van der Waals surface area contributed by atoms with Gasteiger partial charge in [0.2, 0.25) is 0 Å². The Hall–Kier alpha value is 0.0969. The lowest BCUT2D eigenvalue weighted by Gasteiger charge is -2.33. The molecule has 4 N–H and O–H groups in total. The molecule has 0 aromatic heterocycles. The highest BCUT2D eigenvalue weighted by molar-refractivity contribution is 6.76. The van der Waals surface area contributed by atoms with Gasteiger partial charge in [-0.1, -0.05) is 51.7 Å². The van der Waals surface area contributed by atoms with E-state index in [-0.39, 0.29) is 6.04 Å². The first kappa shape index (κ1) is 17.1. The molecule has 4 heteroatoms. The van der Waals surface area contributed by atoms with Gasteiger partial charge < -0.3 is 16.2 Å². The molecule has 19 heavy (non-hydrogen) atoms. The molecule has 2 unspecified atom stereocenters. The van der Waals surface area contributed by atoms with Gasteiger partial charge in [-0.15, -0.1) is 0 Å². The largest absolute Gasteiger partial charge is 0.381 e. The molecule has 0 saturated heterocycles. The minimum atomic E-state index is -0.985. The van der Waals surface area contributed by atoms with E-state index in [9.17, 15) is 0 Å². The van der Waals surface area contributed by atoms with Crippen LogP contribution in [-0.2, 0) is 4.74 Å². The van der Waals surface area contributed by atoms with Crippen molar-refractivity contribution in [2.24, 2.45) is 23.3 Å². The van der Waals surface area contributed by atoms with E-state index in [1.54, 1.807) is 0 Å². The molecule has 1 fully saturated rings. The minimum absolute atomic E-state index is 0.106. The number of nitrogens with two attached hydrogens (primary N) is 2. The molecule has 0 aromatic rings. The van der Waals surface area contributed by atoms with Crippen LogP contribution >= 0.6 is 0 Å². The molecule has 1 aliphatic carbocycles. The molecule has 2 atom stereocenters. The Labute approximate surface area is 120 Å². The van der Waals surface area contributed by atoms with Crippen molar-refractivity contribution in [3.8, 4) is 0 Å². The van der Waals surface area contributed by atoms with Crippen LogP contribution in [0.3, 0.4) is 0 Å². The monoisotopic (exact) mass is 286 g/mol. The first-order valence-electron chi connectivity index (χ1n) is 7.97. The summed E-state index contributed by atoms with van der Waals surface area (Å²) in [6.45, 7) is 9.46. The van der Waals surface area contributed by atoms with E-state index in [0.717, 1.165) is 19.1 Å². The van der Waals surface area contributed by atoms with Crippen molar-refractivity contribution in [3.63, 3.8) is 0 Å². The third kappa shape index (κ3) is 6.89. The zero-order valence-corrected chi connectivity index (χ0v) is 14.2. The second-order valence-corrected chi connectivity index (χ2v) is 13.0. The maximum Gasteiger partial charge on any atom is 0.0512 e. The maximum atomic E-state index is 6.22. The van der Waals surface area contributed by atoms with Crippen molar-refractivity contribution >= 4 is 8.07 Å². The molecule has 0 aromatic carbocycles. The van der Waals surface area contributed by atoms with Crippen LogP contribution in [0.15, 0.2) is 0 Å². The summed E-state index contributed by atoms with van der Waals surface area (Å²) in [5, 5.41) is 0. The van der Waals surface area contributed by atoms with Crippen LogP contribution in [0.1, 0.15) is 32.1 Å². The quantitative estimate of drug-likeness (QED) is 0.533. The Morgan fingerprint density at radius 3 is 2.32 bits per heavy atom. The van der Waals surface area contributed by atoms with E-state index >= 15 is 0 Å². The summed E-state index contributed by atoms with van der Waals surface area (Å²) in [6, 6.07) is 1.34. The fourth-order valence-corrected chi connectivity index (χ4v) is 3.70. The van der Waals surface area contributed by atoms with Gasteiger partial charge in [0.15, 0.2) is 0 Å². The highest BCUT2D eigenvalue weighted by atomic mass is 28.3. The van der Waals surface area contributed by atoms with Crippen LogP contribution < -0.4 is 11.5 Å². The lowest BCUT2D eigenvalue weighted by atomic mass is 9.77. The summed E-state index contributed by atoms with van der Waals surface area (Å²) in [7, 11) is -0.985. The van der Waals surface area contributed by atoms with Gasteiger partial charge in [-0.25, -0.2) is 0 Å². The summed E-state index contributed by atoms with van der Waals surface area (Å²) in [5.41, 5.74) is 12.0. The second kappa shape index (κ2) is 8.40. The van der Waals surface area contributed by atoms with Gasteiger partial charge in [0, 0.05) is 33.2 Å². The smallest absolute Gasteiger partial charge is 0.0512 e. The molecular formula is C15H34N2OSi. The zero-order valence-electron chi connectivity index (χ0n) is 13.2. The topological polar surface area (TPSA) is 61.3 Å². The van der Waals surface area contributed by atoms with E-state index in [1.807, 2.05) is 0 Å². The highest BCUT2D eigenvalue weighted by Gasteiger charge is 2.28. The number of rotatable bonds is 8. The summed E-state index contributed by atoms with van der Waals surface area (Å²) < 4.78 is 5.95. The number of hydrogen-bond donors (Lipinski definition) is 2. The normalized spacial score (nSPS) is 21.3. The molecule has 0 heterocycles. The first-order chi connectivity index (χ1) is 8.94. The predicted molar refractivity (Wildman–Crippen MR) is 86.1 cm³/mol. The molecule has 0 aliphatic heterocycles. The number of ether oxygens (including phenoxy) is 1. The van der Waals surface area contributed by atoms with E-state index in [1.165, 1.54) is 38.1 Å². The van der Waals surface area contributed by atoms with Gasteiger partial charge in [0.1, 0.15) is 0 Å². The third-order valence-electron chi connectivity index (χ3n) is 4.38. The average molecular weight is 287 g/mol. The molecular weight excluding hydrogens is 252 g/mol. The molecule has 1 rings (SSSR count). The fourth-order valence-electron chi connectivity index (χ4n) is 2.94. The summed E-state index contributed by atoms with van der Waals surface area (Å²) in [6.07, 6.45) is 6.73. The Bertz CT molecular complexity index is 237. The van der Waals surface area contributed by atoms with Crippen LogP contribution in [0.2, 0.25) is 25.7 Å². The highest BCUT2D eigenvalue weighted by Crippen LogP contribution is 2.31. The van der Waals surface area contributed by atoms with Gasteiger partial charge in [-0.2, -0.15) is 0 Å². The van der Waals surface area contributed by atoms with Crippen LogP contribution in [0.4, 0.5) is 0 Å². The minimum Gasteiger partial charge on any atom is -0.381 e. The fraction of sp³-hybridized carbons (Fsp3) is 1.00. The van der Waals surface area contributed by atoms with E-state index in [2.05, 4.69) is 19.6 Å². The lowest BCUT2D eigenvalue weighted by Crippen LogP contribution is -2.44. The maximum absolute atomic E-state index is 6.22. The van der Waals surface area contributed by atoms with Crippen molar-refractivity contribution in [2.45, 2.75) is 63.8 Å². The molecule has 0 amide bonds. The number of hydrogen-bond acceptors (Lipinski definition) is 3. The van der Waals surface area contributed by atoms with Gasteiger partial charge in [0.05, 0.1) is 6.61 Å². The molecule has 3 nitrogen and oxygen atoms in total. The summed E-state index contributed by atoms with van der Waals surface area (Å²) >= 11 is 0. The predicted octanol–water partition coefficient (Wildman–Crippen LogP) is 2.82. The SMILES string of the molecule is C[Si](C)(C)CCOCC(C(N)CN)C1CCCCC1. The Balaban J connectivity index is 2.37. The van der Waals surface area contributed by atoms with Gasteiger partial charge in [0.25, 0.3) is 0 Å². The van der Waals surface area contributed by atoms with Gasteiger partial charge in [-0.05, 0) is 12.0 Å². The van der Waals surface area contributed by atoms with Crippen molar-refractivity contribution in [3.05, 3.63) is 0 Å². The Morgan fingerprint density at radius 2 is 1.79 bits per heavy atom. The van der Waals surface area contributed by atoms with E-state index in [0.29, 0.717) is 12.5 Å². The summed E-state index contributed by atoms with van der Waals surface area (Å²) in [5.74, 6) is 1.20. The third-order valence-corrected chi connectivity index (χ3v) is 6.09. The summed E-state index contributed by atoms with van der Waals surface area (Å²) in [4.78, 5) is 0. The molecule has 114 valence electrons. The van der Waals surface area contributed by atoms with Crippen molar-refractivity contribution in [1.29, 1.82) is 0 Å².